The molecule has 3 nitrogen and oxygen atoms in total. The molecule has 0 spiro atoms. The second kappa shape index (κ2) is 5.20. The maximum atomic E-state index is 12.4. The zero-order valence-corrected chi connectivity index (χ0v) is 11.5. The van der Waals surface area contributed by atoms with Crippen molar-refractivity contribution in [2.75, 3.05) is 6.54 Å². The number of carbonyl (C=O) groups excluding carboxylic acids is 1. The third-order valence-corrected chi connectivity index (χ3v) is 5.18. The summed E-state index contributed by atoms with van der Waals surface area (Å²) in [6.45, 7) is 3.25. The van der Waals surface area contributed by atoms with Crippen LogP contribution in [0.1, 0.15) is 51.9 Å². The number of carbonyl (C=O) groups is 1. The van der Waals surface area contributed by atoms with Gasteiger partial charge < -0.3 is 10.6 Å². The van der Waals surface area contributed by atoms with Crippen molar-refractivity contribution in [3.05, 3.63) is 0 Å². The molecule has 18 heavy (non-hydrogen) atoms. The fourth-order valence-electron chi connectivity index (χ4n) is 3.85. The minimum atomic E-state index is 0.103. The van der Waals surface area contributed by atoms with E-state index >= 15 is 0 Å². The molecule has 3 aliphatic rings. The van der Waals surface area contributed by atoms with Gasteiger partial charge in [0.2, 0.25) is 5.91 Å². The molecule has 1 saturated heterocycles. The zero-order chi connectivity index (χ0) is 12.5. The number of rotatable bonds is 5. The van der Waals surface area contributed by atoms with Crippen LogP contribution in [-0.4, -0.2) is 24.5 Å². The van der Waals surface area contributed by atoms with Crippen molar-refractivity contribution in [2.24, 2.45) is 17.8 Å². The molecular weight excluding hydrogens is 224 g/mol. The monoisotopic (exact) mass is 250 g/mol. The fraction of sp³-hybridized carbons (Fsp3) is 0.933. The van der Waals surface area contributed by atoms with Gasteiger partial charge >= 0.3 is 0 Å². The molecule has 0 aromatic carbocycles. The van der Waals surface area contributed by atoms with Gasteiger partial charge in [-0.05, 0) is 50.0 Å². The SMILES string of the molecule is CCC(CC1CC1)NC(=O)C1NCC2CCCC21. The van der Waals surface area contributed by atoms with Gasteiger partial charge in [0.1, 0.15) is 0 Å². The predicted molar refractivity (Wildman–Crippen MR) is 72.2 cm³/mol. The summed E-state index contributed by atoms with van der Waals surface area (Å²) in [5, 5.41) is 6.74. The summed E-state index contributed by atoms with van der Waals surface area (Å²) >= 11 is 0. The Balaban J connectivity index is 1.53. The van der Waals surface area contributed by atoms with Crippen LogP contribution in [0.4, 0.5) is 0 Å². The molecule has 1 amide bonds. The van der Waals surface area contributed by atoms with Gasteiger partial charge in [-0.2, -0.15) is 0 Å². The largest absolute Gasteiger partial charge is 0.352 e. The van der Waals surface area contributed by atoms with E-state index in [2.05, 4.69) is 17.6 Å². The first-order valence-corrected chi connectivity index (χ1v) is 7.81. The summed E-state index contributed by atoms with van der Waals surface area (Å²) < 4.78 is 0. The second-order valence-corrected chi connectivity index (χ2v) is 6.53. The van der Waals surface area contributed by atoms with E-state index in [0.717, 1.165) is 24.8 Å². The van der Waals surface area contributed by atoms with Gasteiger partial charge in [0.05, 0.1) is 6.04 Å². The van der Waals surface area contributed by atoms with Crippen molar-refractivity contribution < 1.29 is 4.79 Å². The summed E-state index contributed by atoms with van der Waals surface area (Å²) in [5.74, 6) is 2.55. The lowest BCUT2D eigenvalue weighted by molar-refractivity contribution is -0.124. The summed E-state index contributed by atoms with van der Waals surface area (Å²) in [7, 11) is 0. The molecule has 3 fully saturated rings. The van der Waals surface area contributed by atoms with Crippen LogP contribution in [0.2, 0.25) is 0 Å². The van der Waals surface area contributed by atoms with E-state index in [0.29, 0.717) is 12.0 Å². The van der Waals surface area contributed by atoms with E-state index in [9.17, 15) is 4.79 Å². The topological polar surface area (TPSA) is 41.1 Å². The average molecular weight is 250 g/mol. The van der Waals surface area contributed by atoms with E-state index in [-0.39, 0.29) is 11.9 Å². The van der Waals surface area contributed by atoms with Gasteiger partial charge in [0.25, 0.3) is 0 Å². The average Bonchev–Trinajstić information content (AvgIpc) is 2.90. The highest BCUT2D eigenvalue weighted by Crippen LogP contribution is 2.38. The molecule has 102 valence electrons. The first-order valence-electron chi connectivity index (χ1n) is 7.81. The van der Waals surface area contributed by atoms with E-state index in [4.69, 9.17) is 0 Å². The Labute approximate surface area is 110 Å². The highest BCUT2D eigenvalue weighted by molar-refractivity contribution is 5.82. The van der Waals surface area contributed by atoms with Gasteiger partial charge in [-0.25, -0.2) is 0 Å². The Morgan fingerprint density at radius 3 is 2.89 bits per heavy atom. The molecule has 0 bridgehead atoms. The van der Waals surface area contributed by atoms with Crippen molar-refractivity contribution in [1.29, 1.82) is 0 Å². The van der Waals surface area contributed by atoms with Gasteiger partial charge in [0, 0.05) is 6.04 Å². The molecule has 2 saturated carbocycles. The first kappa shape index (κ1) is 12.5. The quantitative estimate of drug-likeness (QED) is 0.784. The fourth-order valence-corrected chi connectivity index (χ4v) is 3.85. The maximum absolute atomic E-state index is 12.4. The lowest BCUT2D eigenvalue weighted by Crippen LogP contribution is -2.47. The molecular formula is C15H26N2O. The molecule has 4 unspecified atom stereocenters. The van der Waals surface area contributed by atoms with Crippen molar-refractivity contribution in [2.45, 2.75) is 64.0 Å². The summed E-state index contributed by atoms with van der Waals surface area (Å²) in [4.78, 5) is 12.4. The number of hydrogen-bond acceptors (Lipinski definition) is 2. The van der Waals surface area contributed by atoms with Crippen LogP contribution in [-0.2, 0) is 4.79 Å². The third-order valence-electron chi connectivity index (χ3n) is 5.18. The van der Waals surface area contributed by atoms with E-state index < -0.39 is 0 Å². The molecule has 0 radical (unpaired) electrons. The highest BCUT2D eigenvalue weighted by atomic mass is 16.2. The Bertz CT molecular complexity index is 314. The van der Waals surface area contributed by atoms with E-state index in [1.165, 1.54) is 38.5 Å². The smallest absolute Gasteiger partial charge is 0.237 e. The predicted octanol–water partition coefficient (Wildman–Crippen LogP) is 2.07. The van der Waals surface area contributed by atoms with Crippen LogP contribution in [0.3, 0.4) is 0 Å². The highest BCUT2D eigenvalue weighted by Gasteiger charge is 2.42. The lowest BCUT2D eigenvalue weighted by atomic mass is 9.93. The summed E-state index contributed by atoms with van der Waals surface area (Å²) in [6, 6.07) is 0.512. The van der Waals surface area contributed by atoms with E-state index in [1.54, 1.807) is 0 Å². The van der Waals surface area contributed by atoms with Crippen LogP contribution >= 0.6 is 0 Å². The van der Waals surface area contributed by atoms with Gasteiger partial charge in [-0.1, -0.05) is 26.2 Å². The first-order chi connectivity index (χ1) is 8.78. The summed E-state index contributed by atoms with van der Waals surface area (Å²) in [5.41, 5.74) is 0. The van der Waals surface area contributed by atoms with Crippen molar-refractivity contribution in [3.8, 4) is 0 Å². The lowest BCUT2D eigenvalue weighted by Gasteiger charge is -2.22. The van der Waals surface area contributed by atoms with Gasteiger partial charge in [-0.15, -0.1) is 0 Å². The number of hydrogen-bond donors (Lipinski definition) is 2. The van der Waals surface area contributed by atoms with Crippen molar-refractivity contribution >= 4 is 5.91 Å². The molecule has 4 atom stereocenters. The van der Waals surface area contributed by atoms with Gasteiger partial charge in [-0.3, -0.25) is 4.79 Å². The van der Waals surface area contributed by atoms with Crippen molar-refractivity contribution in [3.63, 3.8) is 0 Å². The Hall–Kier alpha value is -0.570. The normalized spacial score (nSPS) is 36.4. The Morgan fingerprint density at radius 1 is 1.33 bits per heavy atom. The molecule has 1 aliphatic heterocycles. The van der Waals surface area contributed by atoms with Crippen LogP contribution in [0, 0.1) is 17.8 Å². The zero-order valence-electron chi connectivity index (χ0n) is 11.5. The minimum absolute atomic E-state index is 0.103. The van der Waals surface area contributed by atoms with Crippen LogP contribution in [0.25, 0.3) is 0 Å². The molecule has 0 aromatic heterocycles. The van der Waals surface area contributed by atoms with Gasteiger partial charge in [0.15, 0.2) is 0 Å². The minimum Gasteiger partial charge on any atom is -0.352 e. The van der Waals surface area contributed by atoms with Crippen LogP contribution in [0.5, 0.6) is 0 Å². The number of amides is 1. The second-order valence-electron chi connectivity index (χ2n) is 6.53. The summed E-state index contributed by atoms with van der Waals surface area (Å²) in [6.07, 6.45) is 8.90. The number of nitrogens with one attached hydrogen (secondary N) is 2. The van der Waals surface area contributed by atoms with E-state index in [1.807, 2.05) is 0 Å². The molecule has 2 aliphatic carbocycles. The number of fused-ring (bicyclic) bond motifs is 1. The third kappa shape index (κ3) is 2.56. The standard InChI is InChI=1S/C15H26N2O/c1-2-12(8-10-6-7-10)17-15(18)14-13-5-3-4-11(13)9-16-14/h10-14,16H,2-9H2,1H3,(H,17,18). The Kier molecular flexibility index (Phi) is 3.60. The molecule has 3 rings (SSSR count). The van der Waals surface area contributed by atoms with Crippen LogP contribution in [0.15, 0.2) is 0 Å². The van der Waals surface area contributed by atoms with Crippen LogP contribution < -0.4 is 10.6 Å². The van der Waals surface area contributed by atoms with Crippen molar-refractivity contribution in [1.82, 2.24) is 10.6 Å². The Morgan fingerprint density at radius 2 is 2.17 bits per heavy atom. The molecule has 3 heteroatoms. The maximum Gasteiger partial charge on any atom is 0.237 e. The molecule has 2 N–H and O–H groups in total. The molecule has 1 heterocycles. The molecule has 0 aromatic rings.